The highest BCUT2D eigenvalue weighted by molar-refractivity contribution is 5.96. The lowest BCUT2D eigenvalue weighted by atomic mass is 9.93. The number of carbonyl (C=O) groups is 3. The third-order valence-electron chi connectivity index (χ3n) is 6.45. The van der Waals surface area contributed by atoms with E-state index in [1.54, 1.807) is 23.1 Å². The molecule has 2 aromatic carbocycles. The second kappa shape index (κ2) is 8.35. The van der Waals surface area contributed by atoms with Crippen LogP contribution in [0.4, 0.5) is 4.39 Å². The smallest absolute Gasteiger partial charge is 0.265 e. The number of carbonyl (C=O) groups excluding carboxylic acids is 3. The molecule has 1 saturated heterocycles. The van der Waals surface area contributed by atoms with Crippen LogP contribution in [0.3, 0.4) is 0 Å². The summed E-state index contributed by atoms with van der Waals surface area (Å²) in [4.78, 5) is 40.8. The number of hydrazine groups is 1. The van der Waals surface area contributed by atoms with Crippen LogP contribution in [0.25, 0.3) is 0 Å². The van der Waals surface area contributed by atoms with Crippen molar-refractivity contribution in [1.29, 1.82) is 0 Å². The van der Waals surface area contributed by atoms with Gasteiger partial charge in [-0.2, -0.15) is 0 Å². The molecule has 1 aliphatic carbocycles. The number of rotatable bonds is 4. The molecule has 3 amide bonds. The van der Waals surface area contributed by atoms with Crippen molar-refractivity contribution < 1.29 is 18.8 Å². The van der Waals surface area contributed by atoms with Crippen LogP contribution in [0.1, 0.15) is 50.7 Å². The zero-order valence-corrected chi connectivity index (χ0v) is 17.6. The summed E-state index contributed by atoms with van der Waals surface area (Å²) in [5.74, 6) is -0.757. The van der Waals surface area contributed by atoms with Gasteiger partial charge in [0.15, 0.2) is 0 Å². The van der Waals surface area contributed by atoms with E-state index in [-0.39, 0.29) is 35.2 Å². The lowest BCUT2D eigenvalue weighted by molar-refractivity contribution is -0.134. The fraction of sp³-hybridized carbons (Fsp3) is 0.375. The number of nitrogens with zero attached hydrogens (tertiary/aromatic N) is 2. The van der Waals surface area contributed by atoms with E-state index in [4.69, 9.17) is 0 Å². The zero-order chi connectivity index (χ0) is 22.2. The van der Waals surface area contributed by atoms with E-state index < -0.39 is 5.82 Å². The summed E-state index contributed by atoms with van der Waals surface area (Å²) in [6.07, 6.45) is 2.40. The molecule has 0 radical (unpaired) electrons. The average Bonchev–Trinajstić information content (AvgIpc) is 3.67. The Bertz CT molecular complexity index is 1080. The highest BCUT2D eigenvalue weighted by atomic mass is 19.1. The van der Waals surface area contributed by atoms with Crippen molar-refractivity contribution in [3.05, 3.63) is 70.5 Å². The number of benzene rings is 2. The van der Waals surface area contributed by atoms with Crippen LogP contribution >= 0.6 is 0 Å². The number of halogens is 1. The Morgan fingerprint density at radius 1 is 1.00 bits per heavy atom. The highest BCUT2D eigenvalue weighted by Gasteiger charge is 2.35. The first-order chi connectivity index (χ1) is 15.5. The van der Waals surface area contributed by atoms with Crippen molar-refractivity contribution in [3.8, 4) is 0 Å². The summed E-state index contributed by atoms with van der Waals surface area (Å²) in [7, 11) is 0. The van der Waals surface area contributed by atoms with Crippen LogP contribution in [0, 0.1) is 11.7 Å². The van der Waals surface area contributed by atoms with Crippen molar-refractivity contribution >= 4 is 17.7 Å². The molecule has 1 atom stereocenters. The van der Waals surface area contributed by atoms with E-state index in [2.05, 4.69) is 10.9 Å². The maximum Gasteiger partial charge on any atom is 0.265 e. The first-order valence-electron chi connectivity index (χ1n) is 11.0. The summed E-state index contributed by atoms with van der Waals surface area (Å²) < 4.78 is 14.6. The van der Waals surface area contributed by atoms with Gasteiger partial charge in [-0.05, 0) is 48.6 Å². The molecular weight excluding hydrogens is 411 g/mol. The molecule has 1 saturated carbocycles. The first kappa shape index (κ1) is 20.6. The second-order valence-corrected chi connectivity index (χ2v) is 8.65. The lowest BCUT2D eigenvalue weighted by Crippen LogP contribution is -2.51. The quantitative estimate of drug-likeness (QED) is 0.769. The maximum absolute atomic E-state index is 14.6. The third-order valence-corrected chi connectivity index (χ3v) is 6.45. The Morgan fingerprint density at radius 3 is 2.47 bits per heavy atom. The standard InChI is InChI=1S/C24H25FN4O3/c25-20-8-5-15(14-21-17-3-1-2-4-18(17)22(30)27-26-21)13-19(20)24(32)29-11-9-28(10-12-29)23(31)16-6-7-16/h1-5,8,13,16,21,26H,6-7,9-12,14H2,(H,27,30). The Hall–Kier alpha value is -3.26. The molecule has 0 spiro atoms. The van der Waals surface area contributed by atoms with Gasteiger partial charge in [-0.15, -0.1) is 0 Å². The number of amides is 3. The Kier molecular flexibility index (Phi) is 5.38. The summed E-state index contributed by atoms with van der Waals surface area (Å²) in [5.41, 5.74) is 7.97. The van der Waals surface area contributed by atoms with Gasteiger partial charge in [0.2, 0.25) is 5.91 Å². The molecule has 2 aliphatic heterocycles. The van der Waals surface area contributed by atoms with Gasteiger partial charge < -0.3 is 9.80 Å². The topological polar surface area (TPSA) is 81.8 Å². The average molecular weight is 436 g/mol. The lowest BCUT2D eigenvalue weighted by Gasteiger charge is -2.35. The molecule has 0 aromatic heterocycles. The summed E-state index contributed by atoms with van der Waals surface area (Å²) >= 11 is 0. The fourth-order valence-corrected chi connectivity index (χ4v) is 4.45. The molecule has 2 fully saturated rings. The minimum Gasteiger partial charge on any atom is -0.339 e. The highest BCUT2D eigenvalue weighted by Crippen LogP contribution is 2.31. The zero-order valence-electron chi connectivity index (χ0n) is 17.6. The molecule has 7 nitrogen and oxygen atoms in total. The van der Waals surface area contributed by atoms with Crippen LogP contribution < -0.4 is 10.9 Å². The predicted molar refractivity (Wildman–Crippen MR) is 115 cm³/mol. The van der Waals surface area contributed by atoms with Crippen molar-refractivity contribution in [2.75, 3.05) is 26.2 Å². The molecule has 1 unspecified atom stereocenters. The van der Waals surface area contributed by atoms with Crippen molar-refractivity contribution in [1.82, 2.24) is 20.7 Å². The van der Waals surface area contributed by atoms with E-state index >= 15 is 0 Å². The first-order valence-corrected chi connectivity index (χ1v) is 11.0. The molecule has 166 valence electrons. The molecule has 3 aliphatic rings. The molecule has 0 bridgehead atoms. The van der Waals surface area contributed by atoms with Gasteiger partial charge in [-0.3, -0.25) is 19.8 Å². The van der Waals surface area contributed by atoms with Gasteiger partial charge in [0.05, 0.1) is 11.6 Å². The van der Waals surface area contributed by atoms with E-state index in [9.17, 15) is 18.8 Å². The molecule has 2 N–H and O–H groups in total. The van der Waals surface area contributed by atoms with Gasteiger partial charge in [0.1, 0.15) is 5.82 Å². The number of hydrogen-bond donors (Lipinski definition) is 2. The van der Waals surface area contributed by atoms with Gasteiger partial charge in [0.25, 0.3) is 11.8 Å². The monoisotopic (exact) mass is 436 g/mol. The van der Waals surface area contributed by atoms with Crippen molar-refractivity contribution in [2.45, 2.75) is 25.3 Å². The fourth-order valence-electron chi connectivity index (χ4n) is 4.45. The molecule has 5 rings (SSSR count). The normalized spacial score (nSPS) is 20.5. The molecule has 2 heterocycles. The third kappa shape index (κ3) is 3.98. The molecule has 8 heteroatoms. The summed E-state index contributed by atoms with van der Waals surface area (Å²) in [6.45, 7) is 1.80. The largest absolute Gasteiger partial charge is 0.339 e. The van der Waals surface area contributed by atoms with Gasteiger partial charge in [-0.25, -0.2) is 9.82 Å². The molecular formula is C24H25FN4O3. The molecule has 2 aromatic rings. The van der Waals surface area contributed by atoms with Crippen LogP contribution in [-0.2, 0) is 11.2 Å². The van der Waals surface area contributed by atoms with E-state index in [1.165, 1.54) is 6.07 Å². The summed E-state index contributed by atoms with van der Waals surface area (Å²) in [5, 5.41) is 0. The van der Waals surface area contributed by atoms with Gasteiger partial charge in [0, 0.05) is 37.7 Å². The van der Waals surface area contributed by atoms with Crippen molar-refractivity contribution in [2.24, 2.45) is 5.92 Å². The number of piperazine rings is 1. The van der Waals surface area contributed by atoms with Crippen LogP contribution in [0.5, 0.6) is 0 Å². The van der Waals surface area contributed by atoms with Crippen molar-refractivity contribution in [3.63, 3.8) is 0 Å². The number of hydrogen-bond acceptors (Lipinski definition) is 4. The number of fused-ring (bicyclic) bond motifs is 1. The van der Waals surface area contributed by atoms with Gasteiger partial charge in [-0.1, -0.05) is 24.3 Å². The second-order valence-electron chi connectivity index (χ2n) is 8.65. The van der Waals surface area contributed by atoms with Crippen LogP contribution in [-0.4, -0.2) is 53.7 Å². The maximum atomic E-state index is 14.6. The van der Waals surface area contributed by atoms with E-state index in [0.29, 0.717) is 38.2 Å². The van der Waals surface area contributed by atoms with E-state index in [0.717, 1.165) is 24.0 Å². The summed E-state index contributed by atoms with van der Waals surface area (Å²) in [6, 6.07) is 11.7. The molecule has 32 heavy (non-hydrogen) atoms. The Morgan fingerprint density at radius 2 is 1.72 bits per heavy atom. The predicted octanol–water partition coefficient (Wildman–Crippen LogP) is 2.05. The van der Waals surface area contributed by atoms with Crippen LogP contribution in [0.2, 0.25) is 0 Å². The van der Waals surface area contributed by atoms with Gasteiger partial charge >= 0.3 is 0 Å². The van der Waals surface area contributed by atoms with E-state index in [1.807, 2.05) is 23.1 Å². The minimum absolute atomic E-state index is 0.0394. The SMILES string of the molecule is O=C1NNC(Cc2ccc(F)c(C(=O)N3CCN(C(=O)C4CC4)CC3)c2)c2ccccc21. The number of nitrogens with one attached hydrogen (secondary N) is 2. The Labute approximate surface area is 185 Å². The minimum atomic E-state index is -0.555. The van der Waals surface area contributed by atoms with Crippen LogP contribution in [0.15, 0.2) is 42.5 Å². The Balaban J connectivity index is 1.29.